The lowest BCUT2D eigenvalue weighted by molar-refractivity contribution is 0.297. The highest BCUT2D eigenvalue weighted by Gasteiger charge is 2.14. The number of nitrogens with two attached hydrogens (primary N) is 2. The predicted molar refractivity (Wildman–Crippen MR) is 75.6 cm³/mol. The molecule has 0 radical (unpaired) electrons. The third-order valence-corrected chi connectivity index (χ3v) is 2.86. The molecule has 0 bridgehead atoms. The molecule has 0 heterocycles. The van der Waals surface area contributed by atoms with Gasteiger partial charge in [0.2, 0.25) is 0 Å². The molecule has 0 spiro atoms. The number of hydrogen-bond donors (Lipinski definition) is 3. The van der Waals surface area contributed by atoms with Gasteiger partial charge in [-0.3, -0.25) is 9.89 Å². The van der Waals surface area contributed by atoms with Crippen LogP contribution in [-0.2, 0) is 0 Å². The number of aliphatic imine (C=N–C) groups is 1. The fourth-order valence-corrected chi connectivity index (χ4v) is 1.32. The summed E-state index contributed by atoms with van der Waals surface area (Å²) >= 11 is 4.47. The van der Waals surface area contributed by atoms with Crippen molar-refractivity contribution in [2.24, 2.45) is 16.5 Å². The molecular weight excluding hydrogens is 220 g/mol. The minimum absolute atomic E-state index is 0.132. The Morgan fingerprint density at radius 3 is 2.06 bits per heavy atom. The van der Waals surface area contributed by atoms with Gasteiger partial charge in [0.05, 0.1) is 6.54 Å². The van der Waals surface area contributed by atoms with Crippen LogP contribution in [0.1, 0.15) is 20.8 Å². The Hall–Kier alpha value is -0.100. The fourth-order valence-electron chi connectivity index (χ4n) is 1.25. The van der Waals surface area contributed by atoms with E-state index in [1.165, 1.54) is 0 Å². The van der Waals surface area contributed by atoms with Crippen LogP contribution in [0.3, 0.4) is 0 Å². The molecule has 4 N–H and O–H groups in total. The first-order valence-electron chi connectivity index (χ1n) is 5.78. The van der Waals surface area contributed by atoms with Crippen molar-refractivity contribution in [3.63, 3.8) is 0 Å². The summed E-state index contributed by atoms with van der Waals surface area (Å²) in [5.41, 5.74) is 12.1. The summed E-state index contributed by atoms with van der Waals surface area (Å²) in [6.07, 6.45) is 0. The number of rotatable bonds is 8. The SMILES string of the molecule is CC(=NCCN(CCN)CCN)C(C)(C)S. The number of nitrogens with zero attached hydrogens (tertiary/aromatic N) is 2. The highest BCUT2D eigenvalue weighted by molar-refractivity contribution is 7.82. The molecule has 0 fully saturated rings. The van der Waals surface area contributed by atoms with E-state index in [-0.39, 0.29) is 4.75 Å². The summed E-state index contributed by atoms with van der Waals surface area (Å²) < 4.78 is -0.132. The van der Waals surface area contributed by atoms with Gasteiger partial charge in [0.1, 0.15) is 0 Å². The molecular formula is C11H26N4S. The van der Waals surface area contributed by atoms with Crippen LogP contribution < -0.4 is 11.5 Å². The normalized spacial score (nSPS) is 13.6. The first-order valence-corrected chi connectivity index (χ1v) is 6.23. The Labute approximate surface area is 105 Å². The Morgan fingerprint density at radius 1 is 1.19 bits per heavy atom. The smallest absolute Gasteiger partial charge is 0.0516 e. The van der Waals surface area contributed by atoms with Crippen molar-refractivity contribution < 1.29 is 0 Å². The average Bonchev–Trinajstić information content (AvgIpc) is 2.16. The molecule has 0 saturated heterocycles. The maximum atomic E-state index is 5.53. The Balaban J connectivity index is 4.01. The molecule has 0 aliphatic heterocycles. The first kappa shape index (κ1) is 15.9. The van der Waals surface area contributed by atoms with E-state index in [4.69, 9.17) is 11.5 Å². The average molecular weight is 246 g/mol. The van der Waals surface area contributed by atoms with Gasteiger partial charge in [-0.15, -0.1) is 0 Å². The van der Waals surface area contributed by atoms with Crippen LogP contribution in [-0.4, -0.2) is 54.6 Å². The van der Waals surface area contributed by atoms with Gasteiger partial charge in [-0.2, -0.15) is 12.6 Å². The van der Waals surface area contributed by atoms with Crippen LogP contribution in [0.5, 0.6) is 0 Å². The fraction of sp³-hybridized carbons (Fsp3) is 0.909. The molecule has 4 nitrogen and oxygen atoms in total. The minimum Gasteiger partial charge on any atom is -0.329 e. The Bertz CT molecular complexity index is 205. The van der Waals surface area contributed by atoms with Gasteiger partial charge in [-0.05, 0) is 20.8 Å². The van der Waals surface area contributed by atoms with Gasteiger partial charge in [-0.25, -0.2) is 0 Å². The zero-order chi connectivity index (χ0) is 12.6. The summed E-state index contributed by atoms with van der Waals surface area (Å²) in [7, 11) is 0. The molecule has 0 rings (SSSR count). The van der Waals surface area contributed by atoms with Crippen molar-refractivity contribution >= 4 is 18.3 Å². The lowest BCUT2D eigenvalue weighted by Crippen LogP contribution is -2.36. The number of thiol groups is 1. The molecule has 0 unspecified atom stereocenters. The van der Waals surface area contributed by atoms with Crippen LogP contribution in [0.25, 0.3) is 0 Å². The van der Waals surface area contributed by atoms with Gasteiger partial charge >= 0.3 is 0 Å². The summed E-state index contributed by atoms with van der Waals surface area (Å²) in [4.78, 5) is 6.76. The minimum atomic E-state index is -0.132. The van der Waals surface area contributed by atoms with Gasteiger partial charge < -0.3 is 11.5 Å². The highest BCUT2D eigenvalue weighted by Crippen LogP contribution is 2.13. The third kappa shape index (κ3) is 7.22. The van der Waals surface area contributed by atoms with Crippen molar-refractivity contribution in [3.05, 3.63) is 0 Å². The Morgan fingerprint density at radius 2 is 1.69 bits per heavy atom. The van der Waals surface area contributed by atoms with Gasteiger partial charge in [0.15, 0.2) is 0 Å². The largest absolute Gasteiger partial charge is 0.329 e. The first-order chi connectivity index (χ1) is 7.41. The highest BCUT2D eigenvalue weighted by atomic mass is 32.1. The van der Waals surface area contributed by atoms with Crippen molar-refractivity contribution in [2.45, 2.75) is 25.5 Å². The molecule has 5 heteroatoms. The monoisotopic (exact) mass is 246 g/mol. The van der Waals surface area contributed by atoms with Gasteiger partial charge in [0.25, 0.3) is 0 Å². The molecule has 16 heavy (non-hydrogen) atoms. The van der Waals surface area contributed by atoms with E-state index < -0.39 is 0 Å². The van der Waals surface area contributed by atoms with Crippen molar-refractivity contribution in [3.8, 4) is 0 Å². The zero-order valence-electron chi connectivity index (χ0n) is 10.7. The maximum Gasteiger partial charge on any atom is 0.0516 e. The standard InChI is InChI=1S/C11H26N4S/c1-10(11(2,3)16)14-6-9-15(7-4-12)8-5-13/h16H,4-9,12-13H2,1-3H3. The lowest BCUT2D eigenvalue weighted by Gasteiger charge is -2.21. The lowest BCUT2D eigenvalue weighted by atomic mass is 10.1. The van der Waals surface area contributed by atoms with E-state index in [0.29, 0.717) is 13.1 Å². The zero-order valence-corrected chi connectivity index (χ0v) is 11.6. The van der Waals surface area contributed by atoms with E-state index in [1.807, 2.05) is 20.8 Å². The van der Waals surface area contributed by atoms with Gasteiger partial charge in [0, 0.05) is 43.2 Å². The summed E-state index contributed by atoms with van der Waals surface area (Å²) in [6.45, 7) is 10.9. The molecule has 0 saturated carbocycles. The van der Waals surface area contributed by atoms with Crippen LogP contribution >= 0.6 is 12.6 Å². The predicted octanol–water partition coefficient (Wildman–Crippen LogP) is 0.375. The molecule has 0 aromatic rings. The molecule has 96 valence electrons. The maximum absolute atomic E-state index is 5.53. The van der Waals surface area contributed by atoms with Gasteiger partial charge in [-0.1, -0.05) is 0 Å². The summed E-state index contributed by atoms with van der Waals surface area (Å²) in [5.74, 6) is 0. The topological polar surface area (TPSA) is 67.6 Å². The van der Waals surface area contributed by atoms with Crippen LogP contribution in [0, 0.1) is 0 Å². The van der Waals surface area contributed by atoms with Crippen molar-refractivity contribution in [1.82, 2.24) is 4.90 Å². The Kier molecular flexibility index (Phi) is 8.01. The quantitative estimate of drug-likeness (QED) is 0.428. The van der Waals surface area contributed by atoms with E-state index in [0.717, 1.165) is 31.9 Å². The molecule has 0 aromatic carbocycles. The second kappa shape index (κ2) is 8.06. The molecule has 0 aliphatic rings. The van der Waals surface area contributed by atoms with Crippen molar-refractivity contribution in [2.75, 3.05) is 39.3 Å². The van der Waals surface area contributed by atoms with Crippen LogP contribution in [0.15, 0.2) is 4.99 Å². The summed E-state index contributed by atoms with van der Waals surface area (Å²) in [6, 6.07) is 0. The number of hydrogen-bond acceptors (Lipinski definition) is 5. The molecule has 0 aromatic heterocycles. The second-order valence-electron chi connectivity index (χ2n) is 4.45. The third-order valence-electron chi connectivity index (χ3n) is 2.54. The molecule has 0 amide bonds. The van der Waals surface area contributed by atoms with Crippen LogP contribution in [0.4, 0.5) is 0 Å². The molecule has 0 atom stereocenters. The van der Waals surface area contributed by atoms with E-state index in [9.17, 15) is 0 Å². The summed E-state index contributed by atoms with van der Waals surface area (Å²) in [5, 5.41) is 0. The van der Waals surface area contributed by atoms with Crippen LogP contribution in [0.2, 0.25) is 0 Å². The van der Waals surface area contributed by atoms with E-state index in [1.54, 1.807) is 0 Å². The second-order valence-corrected chi connectivity index (χ2v) is 5.56. The van der Waals surface area contributed by atoms with E-state index in [2.05, 4.69) is 22.5 Å². The van der Waals surface area contributed by atoms with Crippen molar-refractivity contribution in [1.29, 1.82) is 0 Å². The molecule has 0 aliphatic carbocycles. The van der Waals surface area contributed by atoms with E-state index >= 15 is 0 Å².